The highest BCUT2D eigenvalue weighted by atomic mass is 16.5. The first kappa shape index (κ1) is 13.5. The third-order valence-electron chi connectivity index (χ3n) is 3.88. The molecule has 1 amide bonds. The number of carbonyl (C=O) groups is 2. The second-order valence-corrected chi connectivity index (χ2v) is 5.18. The second-order valence-electron chi connectivity index (χ2n) is 5.18. The number of carbonyl (C=O) groups excluding carboxylic acids is 2. The van der Waals surface area contributed by atoms with Crippen LogP contribution in [0.1, 0.15) is 25.7 Å². The Kier molecular flexibility index (Phi) is 4.72. The molecule has 5 nitrogen and oxygen atoms in total. The fourth-order valence-corrected chi connectivity index (χ4v) is 2.62. The van der Waals surface area contributed by atoms with Crippen molar-refractivity contribution in [2.45, 2.75) is 31.7 Å². The fourth-order valence-electron chi connectivity index (χ4n) is 2.62. The molecule has 0 bridgehead atoms. The standard InChI is InChI=1S/C13H22N2O3/c1-14(11-2-4-12(16)5-3-11)10-13(17)15-6-8-18-9-7-15/h11H,2-10H2,1H3. The summed E-state index contributed by atoms with van der Waals surface area (Å²) in [5, 5.41) is 0. The largest absolute Gasteiger partial charge is 0.378 e. The molecule has 18 heavy (non-hydrogen) atoms. The summed E-state index contributed by atoms with van der Waals surface area (Å²) in [6, 6.07) is 0.382. The van der Waals surface area contributed by atoms with Gasteiger partial charge in [-0.05, 0) is 19.9 Å². The molecule has 2 fully saturated rings. The topological polar surface area (TPSA) is 49.9 Å². The molecule has 2 rings (SSSR count). The normalized spacial score (nSPS) is 22.6. The van der Waals surface area contributed by atoms with Crippen molar-refractivity contribution in [3.63, 3.8) is 0 Å². The van der Waals surface area contributed by atoms with E-state index >= 15 is 0 Å². The number of hydrogen-bond acceptors (Lipinski definition) is 4. The first-order chi connectivity index (χ1) is 8.66. The minimum Gasteiger partial charge on any atom is -0.378 e. The first-order valence-corrected chi connectivity index (χ1v) is 6.74. The van der Waals surface area contributed by atoms with Crippen LogP contribution < -0.4 is 0 Å². The molecule has 0 N–H and O–H groups in total. The van der Waals surface area contributed by atoms with Gasteiger partial charge >= 0.3 is 0 Å². The van der Waals surface area contributed by atoms with Gasteiger partial charge in [-0.3, -0.25) is 14.5 Å². The van der Waals surface area contributed by atoms with Gasteiger partial charge in [-0.25, -0.2) is 0 Å². The van der Waals surface area contributed by atoms with E-state index in [1.165, 1.54) is 0 Å². The molecule has 0 atom stereocenters. The molecule has 2 aliphatic rings. The molecular weight excluding hydrogens is 232 g/mol. The van der Waals surface area contributed by atoms with E-state index in [-0.39, 0.29) is 5.91 Å². The summed E-state index contributed by atoms with van der Waals surface area (Å²) in [5.74, 6) is 0.539. The first-order valence-electron chi connectivity index (χ1n) is 6.74. The van der Waals surface area contributed by atoms with Crippen LogP contribution in [0.2, 0.25) is 0 Å². The molecule has 1 heterocycles. The highest BCUT2D eigenvalue weighted by molar-refractivity contribution is 5.79. The van der Waals surface area contributed by atoms with Gasteiger partial charge in [-0.1, -0.05) is 0 Å². The molecule has 0 radical (unpaired) electrons. The number of nitrogens with zero attached hydrogens (tertiary/aromatic N) is 2. The van der Waals surface area contributed by atoms with E-state index in [4.69, 9.17) is 4.74 Å². The third-order valence-corrected chi connectivity index (χ3v) is 3.88. The summed E-state index contributed by atoms with van der Waals surface area (Å²) < 4.78 is 5.24. The van der Waals surface area contributed by atoms with Gasteiger partial charge in [-0.2, -0.15) is 0 Å². The Morgan fingerprint density at radius 3 is 2.56 bits per heavy atom. The third kappa shape index (κ3) is 3.53. The molecule has 0 unspecified atom stereocenters. The van der Waals surface area contributed by atoms with E-state index in [1.54, 1.807) is 0 Å². The van der Waals surface area contributed by atoms with Crippen molar-refractivity contribution in [2.24, 2.45) is 0 Å². The van der Waals surface area contributed by atoms with Gasteiger partial charge in [0.2, 0.25) is 5.91 Å². The van der Waals surface area contributed by atoms with Crippen molar-refractivity contribution in [2.75, 3.05) is 39.9 Å². The number of rotatable bonds is 3. The van der Waals surface area contributed by atoms with Crippen LogP contribution in [-0.4, -0.2) is 67.4 Å². The lowest BCUT2D eigenvalue weighted by atomic mass is 9.93. The maximum atomic E-state index is 12.1. The fraction of sp³-hybridized carbons (Fsp3) is 0.846. The highest BCUT2D eigenvalue weighted by Gasteiger charge is 2.25. The Morgan fingerprint density at radius 1 is 1.33 bits per heavy atom. The Morgan fingerprint density at radius 2 is 1.94 bits per heavy atom. The maximum Gasteiger partial charge on any atom is 0.236 e. The number of ether oxygens (including phenoxy) is 1. The van der Waals surface area contributed by atoms with Crippen LogP contribution in [0, 0.1) is 0 Å². The van der Waals surface area contributed by atoms with Crippen LogP contribution in [0.5, 0.6) is 0 Å². The van der Waals surface area contributed by atoms with Gasteiger partial charge in [0.25, 0.3) is 0 Å². The Bertz CT molecular complexity index is 303. The highest BCUT2D eigenvalue weighted by Crippen LogP contribution is 2.19. The van der Waals surface area contributed by atoms with Gasteiger partial charge < -0.3 is 9.64 Å². The Balaban J connectivity index is 1.77. The van der Waals surface area contributed by atoms with Crippen LogP contribution in [0.25, 0.3) is 0 Å². The average molecular weight is 254 g/mol. The summed E-state index contributed by atoms with van der Waals surface area (Å²) in [6.07, 6.45) is 3.12. The summed E-state index contributed by atoms with van der Waals surface area (Å²) >= 11 is 0. The number of amides is 1. The minimum absolute atomic E-state index is 0.178. The molecule has 1 aliphatic heterocycles. The molecular formula is C13H22N2O3. The molecule has 1 saturated heterocycles. The number of likely N-dealkylation sites (N-methyl/N-ethyl adjacent to an activating group) is 1. The van der Waals surface area contributed by atoms with E-state index < -0.39 is 0 Å². The average Bonchev–Trinajstić information content (AvgIpc) is 2.40. The zero-order valence-corrected chi connectivity index (χ0v) is 11.1. The molecule has 1 aliphatic carbocycles. The molecule has 102 valence electrons. The zero-order chi connectivity index (χ0) is 13.0. The Labute approximate surface area is 108 Å². The van der Waals surface area contributed by atoms with Crippen molar-refractivity contribution in [1.82, 2.24) is 9.80 Å². The maximum absolute atomic E-state index is 12.1. The van der Waals surface area contributed by atoms with Crippen molar-refractivity contribution < 1.29 is 14.3 Å². The molecule has 0 spiro atoms. The van der Waals surface area contributed by atoms with Crippen LogP contribution in [0.3, 0.4) is 0 Å². The number of Topliss-reactive ketones (excluding diaryl/α,β-unsaturated/α-hetero) is 1. The smallest absolute Gasteiger partial charge is 0.236 e. The van der Waals surface area contributed by atoms with Gasteiger partial charge in [0.15, 0.2) is 0 Å². The lowest BCUT2D eigenvalue weighted by Gasteiger charge is -2.33. The van der Waals surface area contributed by atoms with Crippen molar-refractivity contribution in [1.29, 1.82) is 0 Å². The van der Waals surface area contributed by atoms with Crippen LogP contribution in [0.4, 0.5) is 0 Å². The van der Waals surface area contributed by atoms with E-state index in [0.717, 1.165) is 12.8 Å². The molecule has 0 aromatic carbocycles. The monoisotopic (exact) mass is 254 g/mol. The quantitative estimate of drug-likeness (QED) is 0.726. The summed E-state index contributed by atoms with van der Waals surface area (Å²) in [6.45, 7) is 3.16. The molecule has 1 saturated carbocycles. The molecule has 0 aromatic rings. The van der Waals surface area contributed by atoms with E-state index in [1.807, 2.05) is 11.9 Å². The number of ketones is 1. The second kappa shape index (κ2) is 6.29. The van der Waals surface area contributed by atoms with Gasteiger partial charge in [0, 0.05) is 32.0 Å². The van der Waals surface area contributed by atoms with E-state index in [9.17, 15) is 9.59 Å². The summed E-state index contributed by atoms with van der Waals surface area (Å²) in [4.78, 5) is 27.2. The molecule has 0 aromatic heterocycles. The number of hydrogen-bond donors (Lipinski definition) is 0. The summed E-state index contributed by atoms with van der Waals surface area (Å²) in [5.41, 5.74) is 0. The summed E-state index contributed by atoms with van der Waals surface area (Å²) in [7, 11) is 1.98. The van der Waals surface area contributed by atoms with Crippen LogP contribution >= 0.6 is 0 Å². The van der Waals surface area contributed by atoms with Gasteiger partial charge in [-0.15, -0.1) is 0 Å². The van der Waals surface area contributed by atoms with Crippen LogP contribution in [0.15, 0.2) is 0 Å². The van der Waals surface area contributed by atoms with E-state index in [0.29, 0.717) is 57.5 Å². The van der Waals surface area contributed by atoms with Gasteiger partial charge in [0.1, 0.15) is 5.78 Å². The molecule has 5 heteroatoms. The predicted molar refractivity (Wildman–Crippen MR) is 67.3 cm³/mol. The SMILES string of the molecule is CN(CC(=O)N1CCOCC1)C1CCC(=O)CC1. The predicted octanol–water partition coefficient (Wildman–Crippen LogP) is 0.289. The van der Waals surface area contributed by atoms with Gasteiger partial charge in [0.05, 0.1) is 19.8 Å². The Hall–Kier alpha value is -0.940. The lowest BCUT2D eigenvalue weighted by molar-refractivity contribution is -0.136. The minimum atomic E-state index is 0.178. The van der Waals surface area contributed by atoms with Crippen molar-refractivity contribution >= 4 is 11.7 Å². The van der Waals surface area contributed by atoms with E-state index in [2.05, 4.69) is 4.90 Å². The van der Waals surface area contributed by atoms with Crippen LogP contribution in [-0.2, 0) is 14.3 Å². The zero-order valence-electron chi connectivity index (χ0n) is 11.1. The van der Waals surface area contributed by atoms with Crippen molar-refractivity contribution in [3.05, 3.63) is 0 Å². The number of morpholine rings is 1. The lowest BCUT2D eigenvalue weighted by Crippen LogP contribution is -2.47. The van der Waals surface area contributed by atoms with Crippen molar-refractivity contribution in [3.8, 4) is 0 Å².